The van der Waals surface area contributed by atoms with Gasteiger partial charge in [0.2, 0.25) is 10.0 Å². The SMILES string of the molecule is O=C(NCCc1ccc(S(=O)(=O)NC2CCCCC2)cc1)c1ccc(F)cc1F. The molecule has 0 bridgehead atoms. The smallest absolute Gasteiger partial charge is 0.254 e. The summed E-state index contributed by atoms with van der Waals surface area (Å²) in [5.41, 5.74) is 0.614. The van der Waals surface area contributed by atoms with E-state index in [2.05, 4.69) is 10.0 Å². The van der Waals surface area contributed by atoms with Gasteiger partial charge < -0.3 is 5.32 Å². The number of rotatable bonds is 7. The third-order valence-electron chi connectivity index (χ3n) is 5.04. The van der Waals surface area contributed by atoms with Crippen LogP contribution in [0.5, 0.6) is 0 Å². The molecule has 1 aliphatic carbocycles. The van der Waals surface area contributed by atoms with E-state index in [1.165, 1.54) is 0 Å². The molecule has 0 heterocycles. The second-order valence-electron chi connectivity index (χ2n) is 7.23. The lowest BCUT2D eigenvalue weighted by Crippen LogP contribution is -2.36. The van der Waals surface area contributed by atoms with Crippen LogP contribution >= 0.6 is 0 Å². The number of amides is 1. The maximum atomic E-state index is 13.6. The van der Waals surface area contributed by atoms with E-state index in [0.717, 1.165) is 49.8 Å². The van der Waals surface area contributed by atoms with Gasteiger partial charge in [-0.05, 0) is 49.1 Å². The van der Waals surface area contributed by atoms with E-state index in [4.69, 9.17) is 0 Å². The maximum absolute atomic E-state index is 13.6. The van der Waals surface area contributed by atoms with Gasteiger partial charge in [-0.25, -0.2) is 21.9 Å². The molecule has 1 aliphatic rings. The van der Waals surface area contributed by atoms with Crippen LogP contribution in [0.4, 0.5) is 8.78 Å². The first-order valence-corrected chi connectivity index (χ1v) is 11.2. The zero-order valence-electron chi connectivity index (χ0n) is 16.0. The number of sulfonamides is 1. The Morgan fingerprint density at radius 1 is 1.00 bits per heavy atom. The first-order valence-electron chi connectivity index (χ1n) is 9.70. The van der Waals surface area contributed by atoms with Gasteiger partial charge in [0.05, 0.1) is 10.5 Å². The van der Waals surface area contributed by atoms with Crippen molar-refractivity contribution < 1.29 is 22.0 Å². The molecule has 2 N–H and O–H groups in total. The van der Waals surface area contributed by atoms with E-state index >= 15 is 0 Å². The van der Waals surface area contributed by atoms with E-state index in [0.29, 0.717) is 12.5 Å². The van der Waals surface area contributed by atoms with E-state index in [1.807, 2.05) is 0 Å². The van der Waals surface area contributed by atoms with Gasteiger partial charge in [0.15, 0.2) is 0 Å². The largest absolute Gasteiger partial charge is 0.352 e. The second kappa shape index (κ2) is 9.45. The fourth-order valence-electron chi connectivity index (χ4n) is 3.43. The highest BCUT2D eigenvalue weighted by molar-refractivity contribution is 7.89. The molecule has 29 heavy (non-hydrogen) atoms. The Hall–Kier alpha value is -2.32. The standard InChI is InChI=1S/C21H24F2N2O3S/c22-16-8-11-19(20(23)14-16)21(26)24-13-12-15-6-9-18(10-7-15)29(27,28)25-17-4-2-1-3-5-17/h6-11,14,17,25H,1-5,12-13H2,(H,24,26). The van der Waals surface area contributed by atoms with Crippen LogP contribution in [0.3, 0.4) is 0 Å². The first-order chi connectivity index (χ1) is 13.8. The molecule has 0 spiro atoms. The van der Waals surface area contributed by atoms with Crippen molar-refractivity contribution in [2.75, 3.05) is 6.54 Å². The van der Waals surface area contributed by atoms with Crippen molar-refractivity contribution in [1.29, 1.82) is 0 Å². The quantitative estimate of drug-likeness (QED) is 0.717. The van der Waals surface area contributed by atoms with E-state index in [9.17, 15) is 22.0 Å². The molecular formula is C21H24F2N2O3S. The predicted octanol–water partition coefficient (Wildman–Crippen LogP) is 3.55. The van der Waals surface area contributed by atoms with Crippen molar-refractivity contribution in [3.05, 3.63) is 65.2 Å². The van der Waals surface area contributed by atoms with Crippen molar-refractivity contribution >= 4 is 15.9 Å². The number of carbonyl (C=O) groups excluding carboxylic acids is 1. The fourth-order valence-corrected chi connectivity index (χ4v) is 4.74. The van der Waals surface area contributed by atoms with E-state index < -0.39 is 27.6 Å². The van der Waals surface area contributed by atoms with Crippen LogP contribution in [0.15, 0.2) is 47.4 Å². The molecular weight excluding hydrogens is 398 g/mol. The summed E-state index contributed by atoms with van der Waals surface area (Å²) in [5, 5.41) is 2.57. The number of hydrogen-bond acceptors (Lipinski definition) is 3. The average Bonchev–Trinajstić information content (AvgIpc) is 2.68. The molecule has 2 aromatic carbocycles. The summed E-state index contributed by atoms with van der Waals surface area (Å²) in [4.78, 5) is 12.2. The van der Waals surface area contributed by atoms with Crippen LogP contribution < -0.4 is 10.0 Å². The highest BCUT2D eigenvalue weighted by Gasteiger charge is 2.21. The maximum Gasteiger partial charge on any atom is 0.254 e. The van der Waals surface area contributed by atoms with Crippen LogP contribution in [0.25, 0.3) is 0 Å². The minimum Gasteiger partial charge on any atom is -0.352 e. The summed E-state index contributed by atoms with van der Waals surface area (Å²) in [7, 11) is -3.55. The van der Waals surface area contributed by atoms with Gasteiger partial charge in [-0.2, -0.15) is 0 Å². The Morgan fingerprint density at radius 3 is 2.34 bits per heavy atom. The number of benzene rings is 2. The van der Waals surface area contributed by atoms with Crippen LogP contribution in [0.2, 0.25) is 0 Å². The first kappa shape index (κ1) is 21.4. The topological polar surface area (TPSA) is 75.3 Å². The Morgan fingerprint density at radius 2 is 1.69 bits per heavy atom. The summed E-state index contributed by atoms with van der Waals surface area (Å²) in [6.45, 7) is 0.238. The Kier molecular flexibility index (Phi) is 6.97. The number of nitrogens with one attached hydrogen (secondary N) is 2. The number of halogens is 2. The predicted molar refractivity (Wildman–Crippen MR) is 106 cm³/mol. The summed E-state index contributed by atoms with van der Waals surface area (Å²) in [6, 6.07) is 9.26. The number of carbonyl (C=O) groups is 1. The molecule has 5 nitrogen and oxygen atoms in total. The summed E-state index contributed by atoms with van der Waals surface area (Å²) >= 11 is 0. The Bertz CT molecular complexity index is 956. The molecule has 0 radical (unpaired) electrons. The van der Waals surface area contributed by atoms with Crippen LogP contribution in [-0.4, -0.2) is 26.9 Å². The Balaban J connectivity index is 1.53. The van der Waals surface area contributed by atoms with Crippen LogP contribution in [0, 0.1) is 11.6 Å². The van der Waals surface area contributed by atoms with Crippen LogP contribution in [0.1, 0.15) is 48.0 Å². The van der Waals surface area contributed by atoms with E-state index in [1.54, 1.807) is 24.3 Å². The van der Waals surface area contributed by atoms with Crippen molar-refractivity contribution in [2.45, 2.75) is 49.5 Å². The lowest BCUT2D eigenvalue weighted by Gasteiger charge is -2.22. The third-order valence-corrected chi connectivity index (χ3v) is 6.57. The second-order valence-corrected chi connectivity index (χ2v) is 8.94. The van der Waals surface area contributed by atoms with Gasteiger partial charge in [-0.3, -0.25) is 4.79 Å². The van der Waals surface area contributed by atoms with Gasteiger partial charge in [0.1, 0.15) is 11.6 Å². The minimum absolute atomic E-state index is 0.00417. The minimum atomic E-state index is -3.55. The average molecular weight is 422 g/mol. The lowest BCUT2D eigenvalue weighted by molar-refractivity contribution is 0.0950. The molecule has 1 fully saturated rings. The molecule has 0 unspecified atom stereocenters. The van der Waals surface area contributed by atoms with Crippen molar-refractivity contribution in [2.24, 2.45) is 0 Å². The summed E-state index contributed by atoms with van der Waals surface area (Å²) in [6.07, 6.45) is 5.42. The van der Waals surface area contributed by atoms with Crippen molar-refractivity contribution in [1.82, 2.24) is 10.0 Å². The molecule has 0 aliphatic heterocycles. The molecule has 2 aromatic rings. The third kappa shape index (κ3) is 5.83. The molecule has 0 saturated heterocycles. The monoisotopic (exact) mass is 422 g/mol. The van der Waals surface area contributed by atoms with Gasteiger partial charge in [0.25, 0.3) is 5.91 Å². The van der Waals surface area contributed by atoms with Crippen molar-refractivity contribution in [3.63, 3.8) is 0 Å². The molecule has 1 saturated carbocycles. The fraction of sp³-hybridized carbons (Fsp3) is 0.381. The molecule has 0 aromatic heterocycles. The van der Waals surface area contributed by atoms with Gasteiger partial charge in [-0.1, -0.05) is 31.4 Å². The van der Waals surface area contributed by atoms with Gasteiger partial charge in [0, 0.05) is 18.7 Å². The lowest BCUT2D eigenvalue weighted by atomic mass is 9.96. The van der Waals surface area contributed by atoms with Crippen LogP contribution in [-0.2, 0) is 16.4 Å². The zero-order valence-corrected chi connectivity index (χ0v) is 16.8. The molecule has 0 atom stereocenters. The zero-order chi connectivity index (χ0) is 20.9. The van der Waals surface area contributed by atoms with Gasteiger partial charge >= 0.3 is 0 Å². The number of hydrogen-bond donors (Lipinski definition) is 2. The van der Waals surface area contributed by atoms with E-state index in [-0.39, 0.29) is 23.0 Å². The summed E-state index contributed by atoms with van der Waals surface area (Å²) < 4.78 is 54.3. The van der Waals surface area contributed by atoms with Gasteiger partial charge in [-0.15, -0.1) is 0 Å². The molecule has 156 valence electrons. The Labute approximate surface area is 169 Å². The molecule has 3 rings (SSSR count). The van der Waals surface area contributed by atoms with Crippen molar-refractivity contribution in [3.8, 4) is 0 Å². The normalized spacial score (nSPS) is 15.2. The molecule has 8 heteroatoms. The molecule has 1 amide bonds. The summed E-state index contributed by atoms with van der Waals surface area (Å²) in [5.74, 6) is -2.28. The highest BCUT2D eigenvalue weighted by atomic mass is 32.2. The highest BCUT2D eigenvalue weighted by Crippen LogP contribution is 2.20.